The molecule has 0 saturated carbocycles. The average molecular weight is 354 g/mol. The number of aromatic nitrogens is 2. The van der Waals surface area contributed by atoms with Gasteiger partial charge >= 0.3 is 0 Å². The van der Waals surface area contributed by atoms with Crippen LogP contribution in [0.3, 0.4) is 0 Å². The lowest BCUT2D eigenvalue weighted by atomic mass is 9.89. The van der Waals surface area contributed by atoms with Crippen molar-refractivity contribution in [1.29, 1.82) is 0 Å². The Hall–Kier alpha value is -2.18. The van der Waals surface area contributed by atoms with Crippen molar-refractivity contribution in [2.45, 2.75) is 25.7 Å². The number of carbonyl (C=O) groups is 1. The smallest absolute Gasteiger partial charge is 0.240 e. The third-order valence-corrected chi connectivity index (χ3v) is 5.76. The highest BCUT2D eigenvalue weighted by Gasteiger charge is 2.24. The molecule has 1 amide bonds. The molecule has 0 bridgehead atoms. The van der Waals surface area contributed by atoms with Crippen molar-refractivity contribution in [3.05, 3.63) is 47.1 Å². The summed E-state index contributed by atoms with van der Waals surface area (Å²) < 4.78 is 0. The molecule has 0 unspecified atom stereocenters. The Morgan fingerprint density at radius 2 is 2.16 bits per heavy atom. The molecular formula is C19H22N4OS. The zero-order chi connectivity index (χ0) is 17.2. The van der Waals surface area contributed by atoms with Crippen molar-refractivity contribution in [2.75, 3.05) is 25.0 Å². The van der Waals surface area contributed by atoms with Crippen LogP contribution in [0, 0.1) is 6.92 Å². The number of benzene rings is 1. The molecule has 0 aliphatic carbocycles. The second kappa shape index (κ2) is 6.98. The predicted molar refractivity (Wildman–Crippen MR) is 102 cm³/mol. The second-order valence-corrected chi connectivity index (χ2v) is 7.54. The molecule has 3 aromatic rings. The standard InChI is InChI=1S/C19H22N4OS/c1-13-12-25-19(21-13)22-18(24)11-23-8-6-14(7-9-23)16-10-20-17-5-3-2-4-15(16)17/h2-5,10,12,14,20H,6-9,11H2,1H3,(H,21,22,24). The van der Waals surface area contributed by atoms with Crippen LogP contribution >= 0.6 is 11.3 Å². The number of thiazole rings is 1. The molecule has 130 valence electrons. The molecule has 25 heavy (non-hydrogen) atoms. The number of para-hydroxylation sites is 1. The summed E-state index contributed by atoms with van der Waals surface area (Å²) in [6.45, 7) is 4.28. The highest BCUT2D eigenvalue weighted by Crippen LogP contribution is 2.33. The quantitative estimate of drug-likeness (QED) is 0.750. The van der Waals surface area contributed by atoms with Gasteiger partial charge in [-0.15, -0.1) is 11.3 Å². The van der Waals surface area contributed by atoms with Gasteiger partial charge in [0, 0.05) is 22.5 Å². The van der Waals surface area contributed by atoms with Crippen LogP contribution in [0.4, 0.5) is 5.13 Å². The maximum Gasteiger partial charge on any atom is 0.240 e. The maximum atomic E-state index is 12.2. The van der Waals surface area contributed by atoms with Gasteiger partial charge in [-0.1, -0.05) is 18.2 Å². The summed E-state index contributed by atoms with van der Waals surface area (Å²) in [5.74, 6) is 0.594. The van der Waals surface area contributed by atoms with Crippen LogP contribution in [0.2, 0.25) is 0 Å². The Morgan fingerprint density at radius 1 is 1.36 bits per heavy atom. The summed E-state index contributed by atoms with van der Waals surface area (Å²) in [5.41, 5.74) is 3.57. The van der Waals surface area contributed by atoms with Gasteiger partial charge in [-0.25, -0.2) is 4.98 Å². The van der Waals surface area contributed by atoms with E-state index in [1.807, 2.05) is 12.3 Å². The molecule has 3 heterocycles. The third-order valence-electron chi connectivity index (χ3n) is 4.88. The maximum absolute atomic E-state index is 12.2. The van der Waals surface area contributed by atoms with Crippen LogP contribution in [-0.4, -0.2) is 40.4 Å². The Bertz CT molecular complexity index is 876. The number of nitrogens with one attached hydrogen (secondary N) is 2. The fraction of sp³-hybridized carbons (Fsp3) is 0.368. The molecule has 2 aromatic heterocycles. The van der Waals surface area contributed by atoms with Gasteiger partial charge in [-0.05, 0) is 50.4 Å². The largest absolute Gasteiger partial charge is 0.361 e. The van der Waals surface area contributed by atoms with Gasteiger partial charge in [-0.2, -0.15) is 0 Å². The van der Waals surface area contributed by atoms with Crippen LogP contribution < -0.4 is 5.32 Å². The van der Waals surface area contributed by atoms with Crippen molar-refractivity contribution in [1.82, 2.24) is 14.9 Å². The van der Waals surface area contributed by atoms with E-state index in [2.05, 4.69) is 50.6 Å². The highest BCUT2D eigenvalue weighted by atomic mass is 32.1. The molecule has 1 aromatic carbocycles. The van der Waals surface area contributed by atoms with E-state index in [0.717, 1.165) is 31.6 Å². The lowest BCUT2D eigenvalue weighted by Crippen LogP contribution is -2.38. The number of aryl methyl sites for hydroxylation is 1. The minimum atomic E-state index is 0.0277. The molecule has 0 radical (unpaired) electrons. The Labute approximate surface area is 151 Å². The first-order valence-electron chi connectivity index (χ1n) is 8.69. The molecule has 1 saturated heterocycles. The van der Waals surface area contributed by atoms with Crippen LogP contribution in [0.15, 0.2) is 35.8 Å². The summed E-state index contributed by atoms with van der Waals surface area (Å²) in [6.07, 6.45) is 4.33. The summed E-state index contributed by atoms with van der Waals surface area (Å²) in [4.78, 5) is 22.1. The zero-order valence-corrected chi connectivity index (χ0v) is 15.1. The van der Waals surface area contributed by atoms with E-state index in [-0.39, 0.29) is 5.91 Å². The number of H-pyrrole nitrogens is 1. The van der Waals surface area contributed by atoms with Gasteiger partial charge in [-0.3, -0.25) is 9.69 Å². The number of amides is 1. The number of fused-ring (bicyclic) bond motifs is 1. The van der Waals surface area contributed by atoms with Crippen LogP contribution in [0.25, 0.3) is 10.9 Å². The average Bonchev–Trinajstić information content (AvgIpc) is 3.22. The number of hydrogen-bond donors (Lipinski definition) is 2. The fourth-order valence-electron chi connectivity index (χ4n) is 3.61. The number of carbonyl (C=O) groups excluding carboxylic acids is 1. The van der Waals surface area contributed by atoms with E-state index in [0.29, 0.717) is 17.6 Å². The van der Waals surface area contributed by atoms with Crippen LogP contribution in [0.1, 0.15) is 30.0 Å². The first-order valence-corrected chi connectivity index (χ1v) is 9.57. The lowest BCUT2D eigenvalue weighted by molar-refractivity contribution is -0.117. The Kier molecular flexibility index (Phi) is 4.55. The van der Waals surface area contributed by atoms with Crippen LogP contribution in [0.5, 0.6) is 0 Å². The van der Waals surface area contributed by atoms with Gasteiger partial charge < -0.3 is 10.3 Å². The molecule has 2 N–H and O–H groups in total. The Balaban J connectivity index is 1.33. The van der Waals surface area contributed by atoms with E-state index >= 15 is 0 Å². The molecule has 0 spiro atoms. The molecule has 5 nitrogen and oxygen atoms in total. The zero-order valence-electron chi connectivity index (χ0n) is 14.3. The molecule has 0 atom stereocenters. The molecular weight excluding hydrogens is 332 g/mol. The Morgan fingerprint density at radius 3 is 2.92 bits per heavy atom. The topological polar surface area (TPSA) is 61.0 Å². The van der Waals surface area contributed by atoms with Crippen molar-refractivity contribution in [2.24, 2.45) is 0 Å². The number of nitrogens with zero attached hydrogens (tertiary/aromatic N) is 2. The van der Waals surface area contributed by atoms with Gasteiger partial charge in [0.05, 0.1) is 12.2 Å². The van der Waals surface area contributed by atoms with Crippen molar-refractivity contribution in [3.63, 3.8) is 0 Å². The lowest BCUT2D eigenvalue weighted by Gasteiger charge is -2.31. The predicted octanol–water partition coefficient (Wildman–Crippen LogP) is 3.75. The normalized spacial score (nSPS) is 16.4. The third kappa shape index (κ3) is 3.60. The number of anilines is 1. The summed E-state index contributed by atoms with van der Waals surface area (Å²) in [7, 11) is 0. The number of likely N-dealkylation sites (tertiary alicyclic amines) is 1. The number of piperidine rings is 1. The summed E-state index contributed by atoms with van der Waals surface area (Å²) in [5, 5.41) is 6.86. The van der Waals surface area contributed by atoms with E-state index in [1.54, 1.807) is 0 Å². The first-order chi connectivity index (χ1) is 12.2. The van der Waals surface area contributed by atoms with Crippen molar-refractivity contribution < 1.29 is 4.79 Å². The van der Waals surface area contributed by atoms with Gasteiger partial charge in [0.2, 0.25) is 5.91 Å². The van der Waals surface area contributed by atoms with E-state index < -0.39 is 0 Å². The van der Waals surface area contributed by atoms with Gasteiger partial charge in [0.25, 0.3) is 0 Å². The second-order valence-electron chi connectivity index (χ2n) is 6.68. The molecule has 4 rings (SSSR count). The molecule has 1 aliphatic rings. The highest BCUT2D eigenvalue weighted by molar-refractivity contribution is 7.13. The van der Waals surface area contributed by atoms with E-state index in [9.17, 15) is 4.79 Å². The first kappa shape index (κ1) is 16.3. The SMILES string of the molecule is Cc1csc(NC(=O)CN2CCC(c3c[nH]c4ccccc34)CC2)n1. The number of hydrogen-bond acceptors (Lipinski definition) is 4. The van der Waals surface area contributed by atoms with Crippen molar-refractivity contribution in [3.8, 4) is 0 Å². The summed E-state index contributed by atoms with van der Waals surface area (Å²) >= 11 is 1.47. The molecule has 1 fully saturated rings. The molecule has 6 heteroatoms. The minimum Gasteiger partial charge on any atom is -0.361 e. The summed E-state index contributed by atoms with van der Waals surface area (Å²) in [6, 6.07) is 8.48. The van der Waals surface area contributed by atoms with Crippen molar-refractivity contribution >= 4 is 33.3 Å². The minimum absolute atomic E-state index is 0.0277. The van der Waals surface area contributed by atoms with Gasteiger partial charge in [0.15, 0.2) is 5.13 Å². The number of aromatic amines is 1. The fourth-order valence-corrected chi connectivity index (χ4v) is 4.31. The molecule has 1 aliphatic heterocycles. The van der Waals surface area contributed by atoms with E-state index in [1.165, 1.54) is 27.8 Å². The monoisotopic (exact) mass is 354 g/mol. The van der Waals surface area contributed by atoms with Crippen LogP contribution in [-0.2, 0) is 4.79 Å². The van der Waals surface area contributed by atoms with E-state index in [4.69, 9.17) is 0 Å². The number of rotatable bonds is 4. The van der Waals surface area contributed by atoms with Gasteiger partial charge in [0.1, 0.15) is 0 Å².